The van der Waals surface area contributed by atoms with Crippen molar-refractivity contribution in [3.63, 3.8) is 0 Å². The molecule has 0 aliphatic carbocycles. The van der Waals surface area contributed by atoms with Crippen molar-refractivity contribution in [2.24, 2.45) is 0 Å². The van der Waals surface area contributed by atoms with Crippen LogP contribution >= 0.6 is 11.6 Å². The molecular formula is C17H19ClFN3O3S. The Morgan fingerprint density at radius 1 is 1.42 bits per heavy atom. The van der Waals surface area contributed by atoms with Crippen molar-refractivity contribution in [2.75, 3.05) is 16.8 Å². The van der Waals surface area contributed by atoms with E-state index in [9.17, 15) is 17.6 Å². The summed E-state index contributed by atoms with van der Waals surface area (Å²) in [6, 6.07) is 3.61. The summed E-state index contributed by atoms with van der Waals surface area (Å²) in [6.45, 7) is 3.77. The fourth-order valence-corrected chi connectivity index (χ4v) is 4.84. The first-order valence-electron chi connectivity index (χ1n) is 8.22. The molecule has 140 valence electrons. The number of benzene rings is 1. The van der Waals surface area contributed by atoms with Gasteiger partial charge in [-0.1, -0.05) is 25.4 Å². The fraction of sp³-hybridized carbons (Fsp3) is 0.412. The van der Waals surface area contributed by atoms with E-state index in [1.54, 1.807) is 10.9 Å². The van der Waals surface area contributed by atoms with Gasteiger partial charge in [-0.3, -0.25) is 9.48 Å². The number of sulfone groups is 1. The van der Waals surface area contributed by atoms with Crippen molar-refractivity contribution in [1.82, 2.24) is 9.78 Å². The molecule has 1 atom stereocenters. The van der Waals surface area contributed by atoms with E-state index < -0.39 is 21.6 Å². The van der Waals surface area contributed by atoms with Crippen LogP contribution in [0.3, 0.4) is 0 Å². The Kier molecular flexibility index (Phi) is 5.07. The van der Waals surface area contributed by atoms with Gasteiger partial charge in [-0.05, 0) is 30.5 Å². The minimum absolute atomic E-state index is 0.0101. The van der Waals surface area contributed by atoms with Gasteiger partial charge in [0.25, 0.3) is 5.91 Å². The lowest BCUT2D eigenvalue weighted by Crippen LogP contribution is -2.15. The van der Waals surface area contributed by atoms with Gasteiger partial charge in [0, 0.05) is 11.2 Å². The summed E-state index contributed by atoms with van der Waals surface area (Å²) in [5, 5.41) is 7.25. The van der Waals surface area contributed by atoms with Crippen LogP contribution in [0.4, 0.5) is 10.1 Å². The third-order valence-electron chi connectivity index (χ3n) is 4.31. The summed E-state index contributed by atoms with van der Waals surface area (Å²) < 4.78 is 38.8. The number of carbonyl (C=O) groups excluding carboxylic acids is 1. The Morgan fingerprint density at radius 3 is 2.77 bits per heavy atom. The molecule has 1 aromatic heterocycles. The van der Waals surface area contributed by atoms with Gasteiger partial charge in [0.2, 0.25) is 0 Å². The molecule has 1 N–H and O–H groups in total. The molecule has 0 spiro atoms. The van der Waals surface area contributed by atoms with Gasteiger partial charge in [-0.25, -0.2) is 12.8 Å². The molecule has 1 aliphatic rings. The number of anilines is 1. The number of aromatic nitrogens is 2. The van der Waals surface area contributed by atoms with E-state index in [4.69, 9.17) is 11.6 Å². The Balaban J connectivity index is 1.91. The summed E-state index contributed by atoms with van der Waals surface area (Å²) in [6.07, 6.45) is 2.00. The number of amides is 1. The van der Waals surface area contributed by atoms with Crippen LogP contribution in [0.1, 0.15) is 48.3 Å². The van der Waals surface area contributed by atoms with Crippen LogP contribution in [0.2, 0.25) is 5.02 Å². The molecule has 0 unspecified atom stereocenters. The highest BCUT2D eigenvalue weighted by atomic mass is 35.5. The Hall–Kier alpha value is -1.93. The first-order valence-corrected chi connectivity index (χ1v) is 10.4. The molecule has 6 nitrogen and oxygen atoms in total. The van der Waals surface area contributed by atoms with Gasteiger partial charge in [-0.2, -0.15) is 5.10 Å². The van der Waals surface area contributed by atoms with Crippen LogP contribution in [-0.4, -0.2) is 35.6 Å². The molecule has 2 aromatic rings. The second-order valence-electron chi connectivity index (χ2n) is 6.70. The Morgan fingerprint density at radius 2 is 2.15 bits per heavy atom. The molecule has 1 aromatic carbocycles. The average Bonchev–Trinajstić information content (AvgIpc) is 3.14. The number of hydrogen-bond donors (Lipinski definition) is 1. The van der Waals surface area contributed by atoms with E-state index in [2.05, 4.69) is 10.4 Å². The lowest BCUT2D eigenvalue weighted by atomic mass is 10.1. The maximum Gasteiger partial charge on any atom is 0.259 e. The van der Waals surface area contributed by atoms with E-state index in [1.165, 1.54) is 18.2 Å². The molecule has 1 saturated heterocycles. The largest absolute Gasteiger partial charge is 0.319 e. The molecule has 0 radical (unpaired) electrons. The van der Waals surface area contributed by atoms with Crippen LogP contribution < -0.4 is 5.32 Å². The minimum Gasteiger partial charge on any atom is -0.319 e. The minimum atomic E-state index is -3.07. The van der Waals surface area contributed by atoms with Crippen LogP contribution in [-0.2, 0) is 9.84 Å². The zero-order valence-electron chi connectivity index (χ0n) is 14.4. The molecule has 1 amide bonds. The van der Waals surface area contributed by atoms with E-state index in [0.29, 0.717) is 22.7 Å². The van der Waals surface area contributed by atoms with Gasteiger partial charge < -0.3 is 5.32 Å². The molecule has 9 heteroatoms. The van der Waals surface area contributed by atoms with Gasteiger partial charge in [0.05, 0.1) is 34.5 Å². The van der Waals surface area contributed by atoms with Gasteiger partial charge >= 0.3 is 0 Å². The molecule has 3 rings (SSSR count). The molecular weight excluding hydrogens is 381 g/mol. The van der Waals surface area contributed by atoms with Crippen molar-refractivity contribution in [3.05, 3.63) is 46.5 Å². The number of carbonyl (C=O) groups is 1. The monoisotopic (exact) mass is 399 g/mol. The molecule has 26 heavy (non-hydrogen) atoms. The summed E-state index contributed by atoms with van der Waals surface area (Å²) in [5.41, 5.74) is 0.811. The Labute approximate surface area is 156 Å². The van der Waals surface area contributed by atoms with Crippen molar-refractivity contribution in [3.8, 4) is 0 Å². The lowest BCUT2D eigenvalue weighted by Gasteiger charge is -2.08. The van der Waals surface area contributed by atoms with Crippen molar-refractivity contribution in [1.29, 1.82) is 0 Å². The quantitative estimate of drug-likeness (QED) is 0.854. The van der Waals surface area contributed by atoms with Crippen LogP contribution in [0.15, 0.2) is 24.4 Å². The zero-order valence-corrected chi connectivity index (χ0v) is 15.9. The molecule has 1 aliphatic heterocycles. The van der Waals surface area contributed by atoms with Gasteiger partial charge in [-0.15, -0.1) is 0 Å². The van der Waals surface area contributed by atoms with E-state index in [0.717, 1.165) is 0 Å². The number of hydrogen-bond acceptors (Lipinski definition) is 4. The first kappa shape index (κ1) is 18.8. The number of rotatable bonds is 4. The van der Waals surface area contributed by atoms with Crippen molar-refractivity contribution in [2.45, 2.75) is 32.2 Å². The predicted octanol–water partition coefficient (Wildman–Crippen LogP) is 3.41. The summed E-state index contributed by atoms with van der Waals surface area (Å²) in [7, 11) is -3.07. The fourth-order valence-electron chi connectivity index (χ4n) is 2.96. The lowest BCUT2D eigenvalue weighted by molar-refractivity contribution is 0.102. The highest BCUT2D eigenvalue weighted by molar-refractivity contribution is 7.91. The second kappa shape index (κ2) is 7.00. The third-order valence-corrected chi connectivity index (χ3v) is 6.30. The topological polar surface area (TPSA) is 81.1 Å². The van der Waals surface area contributed by atoms with E-state index >= 15 is 0 Å². The normalized spacial score (nSPS) is 19.0. The molecule has 0 saturated carbocycles. The summed E-state index contributed by atoms with van der Waals surface area (Å²) in [5.74, 6) is -1.04. The van der Waals surface area contributed by atoms with E-state index in [-0.39, 0.29) is 29.2 Å². The van der Waals surface area contributed by atoms with Crippen LogP contribution in [0, 0.1) is 5.82 Å². The van der Waals surface area contributed by atoms with Gasteiger partial charge in [0.1, 0.15) is 5.82 Å². The van der Waals surface area contributed by atoms with Crippen LogP contribution in [0.25, 0.3) is 0 Å². The average molecular weight is 400 g/mol. The van der Waals surface area contributed by atoms with Gasteiger partial charge in [0.15, 0.2) is 9.84 Å². The zero-order chi connectivity index (χ0) is 19.1. The number of nitrogens with zero attached hydrogens (tertiary/aromatic N) is 2. The maximum atomic E-state index is 13.9. The smallest absolute Gasteiger partial charge is 0.259 e. The summed E-state index contributed by atoms with van der Waals surface area (Å²) >= 11 is 5.85. The second-order valence-corrected chi connectivity index (χ2v) is 9.36. The SMILES string of the molecule is CC(C)c1nn([C@H]2CCS(=O)(=O)C2)cc1C(=O)Nc1cc(Cl)ccc1F. The van der Waals surface area contributed by atoms with Crippen molar-refractivity contribution < 1.29 is 17.6 Å². The molecule has 1 fully saturated rings. The number of halogens is 2. The van der Waals surface area contributed by atoms with E-state index in [1.807, 2.05) is 13.8 Å². The first-order chi connectivity index (χ1) is 12.2. The highest BCUT2D eigenvalue weighted by Gasteiger charge is 2.31. The predicted molar refractivity (Wildman–Crippen MR) is 98.0 cm³/mol. The number of nitrogens with one attached hydrogen (secondary N) is 1. The molecule has 0 bridgehead atoms. The third kappa shape index (κ3) is 3.91. The Bertz CT molecular complexity index is 956. The summed E-state index contributed by atoms with van der Waals surface area (Å²) in [4.78, 5) is 12.7. The molecule has 2 heterocycles. The standard InChI is InChI=1S/C17H19ClFN3O3S/c1-10(2)16-13(8-22(21-16)12-5-6-26(24,25)9-12)17(23)20-15-7-11(18)3-4-14(15)19/h3-4,7-8,10,12H,5-6,9H2,1-2H3,(H,20,23)/t12-/m0/s1. The highest BCUT2D eigenvalue weighted by Crippen LogP contribution is 2.27. The van der Waals surface area contributed by atoms with Crippen molar-refractivity contribution >= 4 is 33.0 Å². The van der Waals surface area contributed by atoms with Crippen LogP contribution in [0.5, 0.6) is 0 Å². The maximum absolute atomic E-state index is 13.9.